The van der Waals surface area contributed by atoms with Gasteiger partial charge < -0.3 is 20.1 Å². The fourth-order valence-corrected chi connectivity index (χ4v) is 9.82. The zero-order valence-electron chi connectivity index (χ0n) is 24.8. The maximum absolute atomic E-state index is 11.8. The molecule has 0 aromatic carbocycles. The quantitative estimate of drug-likeness (QED) is 0.219. The molecular formula is C32H50O6. The van der Waals surface area contributed by atoms with Crippen LogP contribution in [0.25, 0.3) is 0 Å². The Morgan fingerprint density at radius 3 is 2.34 bits per heavy atom. The zero-order valence-corrected chi connectivity index (χ0v) is 24.8. The molecule has 0 unspecified atom stereocenters. The normalized spacial score (nSPS) is 43.1. The van der Waals surface area contributed by atoms with E-state index in [1.54, 1.807) is 6.92 Å². The topological polar surface area (TPSA) is 104 Å². The summed E-state index contributed by atoms with van der Waals surface area (Å²) in [6, 6.07) is 0. The van der Waals surface area contributed by atoms with Crippen LogP contribution in [0, 0.1) is 39.4 Å². The van der Waals surface area contributed by atoms with E-state index >= 15 is 0 Å². The van der Waals surface area contributed by atoms with E-state index in [1.165, 1.54) is 12.5 Å². The van der Waals surface area contributed by atoms with Crippen LogP contribution < -0.4 is 0 Å². The van der Waals surface area contributed by atoms with Gasteiger partial charge in [-0.15, -0.1) is 0 Å². The summed E-state index contributed by atoms with van der Waals surface area (Å²) >= 11 is 0. The van der Waals surface area contributed by atoms with Gasteiger partial charge in [-0.05, 0) is 92.4 Å². The number of aliphatic hydroxyl groups excluding tert-OH is 2. The minimum atomic E-state index is -0.872. The Bertz CT molecular complexity index is 1040. The Labute approximate surface area is 228 Å². The molecule has 0 aliphatic heterocycles. The molecule has 6 heteroatoms. The summed E-state index contributed by atoms with van der Waals surface area (Å²) in [4.78, 5) is 23.0. The maximum atomic E-state index is 11.8. The molecular weight excluding hydrogens is 480 g/mol. The third-order valence-corrected chi connectivity index (χ3v) is 12.2. The molecule has 3 N–H and O–H groups in total. The highest BCUT2D eigenvalue weighted by atomic mass is 16.5. The molecule has 0 amide bonds. The van der Waals surface area contributed by atoms with Gasteiger partial charge in [-0.3, -0.25) is 4.79 Å². The van der Waals surface area contributed by atoms with Crippen molar-refractivity contribution in [3.8, 4) is 0 Å². The molecule has 2 saturated carbocycles. The Kier molecular flexibility index (Phi) is 7.53. The van der Waals surface area contributed by atoms with Crippen LogP contribution in [0.1, 0.15) is 107 Å². The zero-order chi connectivity index (χ0) is 28.4. The Morgan fingerprint density at radius 2 is 1.74 bits per heavy atom. The molecule has 2 fully saturated rings. The highest BCUT2D eigenvalue weighted by molar-refractivity contribution is 5.85. The second-order valence-corrected chi connectivity index (χ2v) is 14.3. The van der Waals surface area contributed by atoms with Crippen molar-refractivity contribution in [3.05, 3.63) is 22.8 Å². The number of aliphatic carboxylic acids is 1. The van der Waals surface area contributed by atoms with Crippen LogP contribution in [-0.4, -0.2) is 45.6 Å². The number of ether oxygens (including phenoxy) is 1. The smallest absolute Gasteiger partial charge is 0.330 e. The highest BCUT2D eigenvalue weighted by Gasteiger charge is 2.68. The van der Waals surface area contributed by atoms with Crippen LogP contribution in [0.3, 0.4) is 0 Å². The molecule has 0 radical (unpaired) electrons. The third kappa shape index (κ3) is 4.20. The number of allylic oxidation sites excluding steroid dienone is 2. The van der Waals surface area contributed by atoms with Crippen molar-refractivity contribution in [2.75, 3.05) is 0 Å². The van der Waals surface area contributed by atoms with Crippen LogP contribution in [0.2, 0.25) is 0 Å². The van der Waals surface area contributed by atoms with Gasteiger partial charge in [0, 0.05) is 23.3 Å². The van der Waals surface area contributed by atoms with Crippen molar-refractivity contribution >= 4 is 11.9 Å². The monoisotopic (exact) mass is 530 g/mol. The fraction of sp³-hybridized carbons (Fsp3) is 0.812. The van der Waals surface area contributed by atoms with Crippen LogP contribution >= 0.6 is 0 Å². The number of fused-ring (bicyclic) bond motifs is 4. The number of carboxylic acids is 1. The van der Waals surface area contributed by atoms with Gasteiger partial charge in [0.25, 0.3) is 0 Å². The Balaban J connectivity index is 1.68. The number of carbonyl (C=O) groups excluding carboxylic acids is 1. The second kappa shape index (κ2) is 9.76. The molecule has 0 bridgehead atoms. The summed E-state index contributed by atoms with van der Waals surface area (Å²) in [5.41, 5.74) is 1.82. The van der Waals surface area contributed by atoms with E-state index in [1.807, 2.05) is 6.08 Å². The van der Waals surface area contributed by atoms with Crippen LogP contribution in [0.4, 0.5) is 0 Å². The van der Waals surface area contributed by atoms with E-state index < -0.39 is 23.6 Å². The summed E-state index contributed by atoms with van der Waals surface area (Å²) in [5, 5.41) is 32.8. The molecule has 214 valence electrons. The summed E-state index contributed by atoms with van der Waals surface area (Å²) in [6.07, 6.45) is 7.07. The Morgan fingerprint density at radius 1 is 1.08 bits per heavy atom. The number of carbonyl (C=O) groups is 2. The van der Waals surface area contributed by atoms with Crippen LogP contribution in [0.15, 0.2) is 22.8 Å². The summed E-state index contributed by atoms with van der Waals surface area (Å²) < 4.78 is 5.78. The number of aliphatic hydroxyl groups is 2. The molecule has 9 atom stereocenters. The summed E-state index contributed by atoms with van der Waals surface area (Å²) in [7, 11) is 0. The van der Waals surface area contributed by atoms with Gasteiger partial charge in [0.15, 0.2) is 0 Å². The second-order valence-electron chi connectivity index (χ2n) is 14.3. The van der Waals surface area contributed by atoms with E-state index in [4.69, 9.17) is 4.74 Å². The predicted octanol–water partition coefficient (Wildman–Crippen LogP) is 6.06. The number of hydrogen-bond acceptors (Lipinski definition) is 5. The molecule has 0 saturated heterocycles. The minimum absolute atomic E-state index is 0.0956. The lowest BCUT2D eigenvalue weighted by molar-refractivity contribution is -0.170. The van der Waals surface area contributed by atoms with Crippen molar-refractivity contribution in [2.45, 2.75) is 125 Å². The molecule has 4 rings (SSSR count). The van der Waals surface area contributed by atoms with E-state index in [0.717, 1.165) is 37.7 Å². The van der Waals surface area contributed by atoms with Crippen molar-refractivity contribution < 1.29 is 29.6 Å². The third-order valence-electron chi connectivity index (χ3n) is 12.2. The van der Waals surface area contributed by atoms with Crippen molar-refractivity contribution in [1.82, 2.24) is 0 Å². The molecule has 6 nitrogen and oxygen atoms in total. The lowest BCUT2D eigenvalue weighted by Crippen LogP contribution is -2.59. The maximum Gasteiger partial charge on any atom is 0.330 e. The van der Waals surface area contributed by atoms with E-state index in [-0.39, 0.29) is 34.2 Å². The first-order valence-electron chi connectivity index (χ1n) is 14.7. The molecule has 38 heavy (non-hydrogen) atoms. The molecule has 0 heterocycles. The fourth-order valence-electron chi connectivity index (χ4n) is 9.82. The van der Waals surface area contributed by atoms with Crippen molar-refractivity contribution in [2.24, 2.45) is 39.4 Å². The molecule has 0 aromatic rings. The number of esters is 1. The van der Waals surface area contributed by atoms with Crippen LogP contribution in [0.5, 0.6) is 0 Å². The van der Waals surface area contributed by atoms with Gasteiger partial charge in [0.1, 0.15) is 6.10 Å². The van der Waals surface area contributed by atoms with E-state index in [0.29, 0.717) is 36.7 Å². The SMILES string of the molecule is CC(=O)O[C@H]1CC[C@]2(C)C3=C([C@H](O)C[C@H]2C1(C)C)[C@]1(C)[C@@H](O)C[C@H]([C@H](C)CC/C=C(\C)C(=O)O)[C@@]1(C)CC3. The van der Waals surface area contributed by atoms with Crippen molar-refractivity contribution in [3.63, 3.8) is 0 Å². The summed E-state index contributed by atoms with van der Waals surface area (Å²) in [6.45, 7) is 16.6. The van der Waals surface area contributed by atoms with Gasteiger partial charge >= 0.3 is 11.9 Å². The minimum Gasteiger partial charge on any atom is -0.478 e. The van der Waals surface area contributed by atoms with E-state index in [2.05, 4.69) is 41.5 Å². The largest absolute Gasteiger partial charge is 0.478 e. The first-order valence-corrected chi connectivity index (χ1v) is 14.7. The lowest BCUT2D eigenvalue weighted by atomic mass is 9.42. The van der Waals surface area contributed by atoms with Gasteiger partial charge in [-0.25, -0.2) is 4.79 Å². The number of rotatable bonds is 6. The average molecular weight is 531 g/mol. The molecule has 4 aliphatic carbocycles. The summed E-state index contributed by atoms with van der Waals surface area (Å²) in [5.74, 6) is -0.301. The molecule has 0 spiro atoms. The predicted molar refractivity (Wildman–Crippen MR) is 147 cm³/mol. The first-order chi connectivity index (χ1) is 17.5. The molecule has 0 aromatic heterocycles. The highest BCUT2D eigenvalue weighted by Crippen LogP contribution is 2.72. The van der Waals surface area contributed by atoms with Gasteiger partial charge in [0.05, 0.1) is 12.2 Å². The standard InChI is InChI=1S/C32H50O6/c1-18(10-9-11-19(2)28(36)37)22-16-25(35)32(8)27-21(12-15-31(22,32)7)30(6)14-13-26(38-20(3)33)29(4,5)24(30)17-23(27)34/h11,18,22-26,34-35H,9-10,12-17H2,1-8H3,(H,36,37)/b19-11+/t18-,22-,23-,24+,25+,26+,30-,31-,32+/m1/s1. The average Bonchev–Trinajstić information content (AvgIpc) is 3.03. The van der Waals surface area contributed by atoms with Gasteiger partial charge in [-0.1, -0.05) is 53.2 Å². The van der Waals surface area contributed by atoms with Crippen molar-refractivity contribution in [1.29, 1.82) is 0 Å². The number of hydrogen-bond donors (Lipinski definition) is 3. The lowest BCUT2D eigenvalue weighted by Gasteiger charge is -2.63. The Hall–Kier alpha value is -1.66. The van der Waals surface area contributed by atoms with E-state index in [9.17, 15) is 24.9 Å². The molecule has 4 aliphatic rings. The van der Waals surface area contributed by atoms with Crippen LogP contribution in [-0.2, 0) is 14.3 Å². The first kappa shape index (κ1) is 29.3. The van der Waals surface area contributed by atoms with Gasteiger partial charge in [-0.2, -0.15) is 0 Å². The number of carboxylic acid groups (broad SMARTS) is 1. The van der Waals surface area contributed by atoms with Gasteiger partial charge in [0.2, 0.25) is 0 Å².